The molecule has 1 aliphatic carbocycles. The van der Waals surface area contributed by atoms with Gasteiger partial charge in [0.2, 0.25) is 0 Å². The van der Waals surface area contributed by atoms with Gasteiger partial charge < -0.3 is 10.1 Å². The fourth-order valence-corrected chi connectivity index (χ4v) is 2.85. The molecule has 0 saturated heterocycles. The lowest BCUT2D eigenvalue weighted by molar-refractivity contribution is 0.294. The summed E-state index contributed by atoms with van der Waals surface area (Å²) in [5.41, 5.74) is 1.34. The molecule has 0 spiro atoms. The summed E-state index contributed by atoms with van der Waals surface area (Å²) in [6.07, 6.45) is 5.01. The number of para-hydroxylation sites is 1. The third-order valence-corrected chi connectivity index (χ3v) is 4.22. The molecule has 2 unspecified atom stereocenters. The quantitative estimate of drug-likeness (QED) is 0.713. The molecule has 0 amide bonds. The predicted octanol–water partition coefficient (Wildman–Crippen LogP) is 4.56. The number of hydrogen-bond acceptors (Lipinski definition) is 2. The SMILES string of the molecule is CCCNC(c1ccccc1OCCC)C(C)C1CC1. The first kappa shape index (κ1) is 15.4. The van der Waals surface area contributed by atoms with Crippen molar-refractivity contribution in [2.45, 2.75) is 52.5 Å². The lowest BCUT2D eigenvalue weighted by Gasteiger charge is -2.27. The van der Waals surface area contributed by atoms with Crippen molar-refractivity contribution in [1.29, 1.82) is 0 Å². The minimum atomic E-state index is 0.426. The molecule has 20 heavy (non-hydrogen) atoms. The van der Waals surface area contributed by atoms with Gasteiger partial charge in [0.05, 0.1) is 6.61 Å². The van der Waals surface area contributed by atoms with E-state index in [2.05, 4.69) is 50.4 Å². The molecule has 1 saturated carbocycles. The first-order valence-corrected chi connectivity index (χ1v) is 8.23. The zero-order chi connectivity index (χ0) is 14.4. The molecule has 2 nitrogen and oxygen atoms in total. The molecule has 0 radical (unpaired) electrons. The van der Waals surface area contributed by atoms with E-state index in [9.17, 15) is 0 Å². The lowest BCUT2D eigenvalue weighted by atomic mass is 9.90. The summed E-state index contributed by atoms with van der Waals surface area (Å²) < 4.78 is 5.96. The Kier molecular flexibility index (Phi) is 5.90. The van der Waals surface area contributed by atoms with Gasteiger partial charge in [-0.15, -0.1) is 0 Å². The van der Waals surface area contributed by atoms with E-state index in [1.54, 1.807) is 0 Å². The molecule has 0 aliphatic heterocycles. The Bertz CT molecular complexity index is 400. The van der Waals surface area contributed by atoms with Crippen LogP contribution in [-0.4, -0.2) is 13.2 Å². The smallest absolute Gasteiger partial charge is 0.124 e. The van der Waals surface area contributed by atoms with Crippen LogP contribution in [0, 0.1) is 11.8 Å². The van der Waals surface area contributed by atoms with E-state index in [1.807, 2.05) is 0 Å². The molecule has 2 rings (SSSR count). The van der Waals surface area contributed by atoms with Crippen LogP contribution >= 0.6 is 0 Å². The Morgan fingerprint density at radius 3 is 2.60 bits per heavy atom. The summed E-state index contributed by atoms with van der Waals surface area (Å²) in [6, 6.07) is 8.99. The van der Waals surface area contributed by atoms with Crippen LogP contribution in [0.2, 0.25) is 0 Å². The fourth-order valence-electron chi connectivity index (χ4n) is 2.85. The summed E-state index contributed by atoms with van der Waals surface area (Å²) >= 11 is 0. The average Bonchev–Trinajstić information content (AvgIpc) is 3.31. The molecule has 0 aromatic heterocycles. The van der Waals surface area contributed by atoms with Gasteiger partial charge >= 0.3 is 0 Å². The van der Waals surface area contributed by atoms with Crippen molar-refractivity contribution in [3.05, 3.63) is 29.8 Å². The van der Waals surface area contributed by atoms with Crippen LogP contribution in [0.5, 0.6) is 5.75 Å². The van der Waals surface area contributed by atoms with Gasteiger partial charge in [0, 0.05) is 11.6 Å². The third-order valence-electron chi connectivity index (χ3n) is 4.22. The molecule has 2 heteroatoms. The van der Waals surface area contributed by atoms with E-state index in [-0.39, 0.29) is 0 Å². The first-order valence-electron chi connectivity index (χ1n) is 8.23. The highest BCUT2D eigenvalue weighted by Gasteiger charge is 2.34. The Morgan fingerprint density at radius 1 is 1.20 bits per heavy atom. The summed E-state index contributed by atoms with van der Waals surface area (Å²) in [5.74, 6) is 2.65. The largest absolute Gasteiger partial charge is 0.493 e. The molecule has 2 atom stereocenters. The number of rotatable bonds is 9. The van der Waals surface area contributed by atoms with Gasteiger partial charge in [0.15, 0.2) is 0 Å². The molecule has 1 fully saturated rings. The molecular weight excluding hydrogens is 246 g/mol. The van der Waals surface area contributed by atoms with E-state index in [4.69, 9.17) is 4.74 Å². The lowest BCUT2D eigenvalue weighted by Crippen LogP contribution is -2.29. The van der Waals surface area contributed by atoms with Crippen LogP contribution in [0.1, 0.15) is 58.1 Å². The minimum absolute atomic E-state index is 0.426. The van der Waals surface area contributed by atoms with Gasteiger partial charge in [-0.25, -0.2) is 0 Å². The highest BCUT2D eigenvalue weighted by molar-refractivity contribution is 5.36. The second-order valence-electron chi connectivity index (χ2n) is 6.01. The van der Waals surface area contributed by atoms with Crippen molar-refractivity contribution >= 4 is 0 Å². The number of benzene rings is 1. The highest BCUT2D eigenvalue weighted by atomic mass is 16.5. The van der Waals surface area contributed by atoms with Crippen molar-refractivity contribution < 1.29 is 4.74 Å². The summed E-state index contributed by atoms with van der Waals surface area (Å²) in [7, 11) is 0. The van der Waals surface area contributed by atoms with Gasteiger partial charge in [0.25, 0.3) is 0 Å². The molecule has 0 bridgehead atoms. The molecule has 1 aliphatic rings. The van der Waals surface area contributed by atoms with E-state index in [0.29, 0.717) is 12.0 Å². The van der Waals surface area contributed by atoms with Crippen LogP contribution in [0.25, 0.3) is 0 Å². The van der Waals surface area contributed by atoms with Gasteiger partial charge in [-0.1, -0.05) is 39.0 Å². The Hall–Kier alpha value is -1.02. The van der Waals surface area contributed by atoms with E-state index in [0.717, 1.165) is 31.2 Å². The maximum Gasteiger partial charge on any atom is 0.124 e. The van der Waals surface area contributed by atoms with Gasteiger partial charge in [-0.3, -0.25) is 0 Å². The van der Waals surface area contributed by atoms with Crippen LogP contribution in [0.3, 0.4) is 0 Å². The standard InChI is InChI=1S/C18H29NO/c1-4-12-19-18(14(3)15-10-11-15)16-8-6-7-9-17(16)20-13-5-2/h6-9,14-15,18-19H,4-5,10-13H2,1-3H3. The summed E-state index contributed by atoms with van der Waals surface area (Å²) in [4.78, 5) is 0. The molecule has 1 aromatic rings. The summed E-state index contributed by atoms with van der Waals surface area (Å²) in [5, 5.41) is 3.74. The number of nitrogens with one attached hydrogen (secondary N) is 1. The first-order chi connectivity index (χ1) is 9.77. The molecule has 112 valence electrons. The van der Waals surface area contributed by atoms with Crippen LogP contribution < -0.4 is 10.1 Å². The Labute approximate surface area is 123 Å². The van der Waals surface area contributed by atoms with Crippen LogP contribution in [-0.2, 0) is 0 Å². The molecule has 1 aromatic carbocycles. The van der Waals surface area contributed by atoms with Crippen molar-refractivity contribution in [3.8, 4) is 5.75 Å². The topological polar surface area (TPSA) is 21.3 Å². The van der Waals surface area contributed by atoms with E-state index < -0.39 is 0 Å². The normalized spacial score (nSPS) is 17.8. The monoisotopic (exact) mass is 275 g/mol. The minimum Gasteiger partial charge on any atom is -0.493 e. The highest BCUT2D eigenvalue weighted by Crippen LogP contribution is 2.44. The summed E-state index contributed by atoms with van der Waals surface area (Å²) in [6.45, 7) is 8.65. The third kappa shape index (κ3) is 3.99. The van der Waals surface area contributed by atoms with Gasteiger partial charge in [-0.05, 0) is 50.1 Å². The van der Waals surface area contributed by atoms with Crippen molar-refractivity contribution in [3.63, 3.8) is 0 Å². The predicted molar refractivity (Wildman–Crippen MR) is 85.2 cm³/mol. The molecule has 1 N–H and O–H groups in total. The van der Waals surface area contributed by atoms with Crippen LogP contribution in [0.15, 0.2) is 24.3 Å². The second-order valence-corrected chi connectivity index (χ2v) is 6.01. The van der Waals surface area contributed by atoms with E-state index in [1.165, 1.54) is 24.8 Å². The Balaban J connectivity index is 2.17. The number of ether oxygens (including phenoxy) is 1. The average molecular weight is 275 g/mol. The van der Waals surface area contributed by atoms with Crippen molar-refractivity contribution in [1.82, 2.24) is 5.32 Å². The molecular formula is C18H29NO. The maximum absolute atomic E-state index is 5.96. The van der Waals surface area contributed by atoms with E-state index >= 15 is 0 Å². The zero-order valence-electron chi connectivity index (χ0n) is 13.2. The van der Waals surface area contributed by atoms with Crippen LogP contribution in [0.4, 0.5) is 0 Å². The van der Waals surface area contributed by atoms with Gasteiger partial charge in [0.1, 0.15) is 5.75 Å². The molecule has 0 heterocycles. The maximum atomic E-state index is 5.96. The Morgan fingerprint density at radius 2 is 1.95 bits per heavy atom. The van der Waals surface area contributed by atoms with Gasteiger partial charge in [-0.2, -0.15) is 0 Å². The fraction of sp³-hybridized carbons (Fsp3) is 0.667. The van der Waals surface area contributed by atoms with Crippen molar-refractivity contribution in [2.24, 2.45) is 11.8 Å². The van der Waals surface area contributed by atoms with Crippen molar-refractivity contribution in [2.75, 3.05) is 13.2 Å². The zero-order valence-corrected chi connectivity index (χ0v) is 13.2. The number of hydrogen-bond donors (Lipinski definition) is 1. The second kappa shape index (κ2) is 7.68.